The van der Waals surface area contributed by atoms with E-state index < -0.39 is 24.2 Å². The van der Waals surface area contributed by atoms with Crippen molar-refractivity contribution in [3.05, 3.63) is 42.3 Å². The zero-order valence-corrected chi connectivity index (χ0v) is 28.1. The van der Waals surface area contributed by atoms with Gasteiger partial charge in [0.25, 0.3) is 0 Å². The van der Waals surface area contributed by atoms with E-state index in [1.165, 1.54) is 24.7 Å². The van der Waals surface area contributed by atoms with E-state index in [1.807, 2.05) is 0 Å². The first-order valence-electron chi connectivity index (χ1n) is 10.8. The maximum absolute atomic E-state index is 4.94. The average Bonchev–Trinajstić information content (AvgIpc) is 3.04. The fourth-order valence-electron chi connectivity index (χ4n) is 2.85. The van der Waals surface area contributed by atoms with Gasteiger partial charge in [0, 0.05) is 13.2 Å². The number of ether oxygens (including phenoxy) is 1. The fraction of sp³-hybridized carbons (Fsp3) is 0.708. The van der Waals surface area contributed by atoms with Gasteiger partial charge in [0.05, 0.1) is 8.07 Å². The van der Waals surface area contributed by atoms with Crippen LogP contribution in [-0.2, 0) is 37.4 Å². The monoisotopic (exact) mass is 528 g/mol. The van der Waals surface area contributed by atoms with Gasteiger partial charge in [-0.15, -0.1) is 16.1 Å². The first kappa shape index (κ1) is 35.3. The van der Waals surface area contributed by atoms with E-state index in [2.05, 4.69) is 99.7 Å². The maximum Gasteiger partial charge on any atom is 3.00 e. The van der Waals surface area contributed by atoms with Crippen LogP contribution in [0.15, 0.2) is 0 Å². The molecule has 5 heteroatoms. The summed E-state index contributed by atoms with van der Waals surface area (Å²) in [5, 5.41) is 0. The Bertz CT molecular complexity index is 347. The molecule has 2 rings (SSSR count). The third-order valence-electron chi connectivity index (χ3n) is 4.01. The van der Waals surface area contributed by atoms with E-state index in [0.29, 0.717) is 0 Å². The molecule has 0 bridgehead atoms. The predicted molar refractivity (Wildman–Crippen MR) is 140 cm³/mol. The zero-order valence-electron chi connectivity index (χ0n) is 22.2. The Morgan fingerprint density at radius 2 is 0.828 bits per heavy atom. The van der Waals surface area contributed by atoms with E-state index in [0.717, 1.165) is 13.2 Å². The van der Waals surface area contributed by atoms with Crippen LogP contribution in [0.4, 0.5) is 0 Å². The summed E-state index contributed by atoms with van der Waals surface area (Å²) in [5.74, 6) is 6.12. The Morgan fingerprint density at radius 3 is 0.931 bits per heavy atom. The van der Waals surface area contributed by atoms with Crippen molar-refractivity contribution >= 4 is 24.2 Å². The van der Waals surface area contributed by atoms with Gasteiger partial charge in [-0.25, -0.2) is 0 Å². The van der Waals surface area contributed by atoms with Gasteiger partial charge in [0.15, 0.2) is 0 Å². The Balaban J connectivity index is -0.000000352. The van der Waals surface area contributed by atoms with Gasteiger partial charge in [0.1, 0.15) is 0 Å². The molecule has 29 heavy (non-hydrogen) atoms. The molecule has 167 valence electrons. The molecule has 1 saturated heterocycles. The summed E-state index contributed by atoms with van der Waals surface area (Å²) in [6.07, 6.45) is 2.56. The fourth-order valence-corrected chi connectivity index (χ4v) is 5.48. The SMILES string of the molecule is C1CCOC1.C[C]1[C](C)[C](C)[C]([Si](C)(C)C)[C]1C.[CH2-][Si](C)(C)C.[CH2-][Si](C)(C)C.[Y+3]. The summed E-state index contributed by atoms with van der Waals surface area (Å²) < 4.78 is 4.94. The maximum atomic E-state index is 4.94. The number of hydrogen-bond acceptors (Lipinski definition) is 1. The minimum Gasteiger partial charge on any atom is -0.381 e. The van der Waals surface area contributed by atoms with Crippen molar-refractivity contribution in [1.82, 2.24) is 0 Å². The molecule has 0 aromatic rings. The van der Waals surface area contributed by atoms with Crippen LogP contribution < -0.4 is 0 Å². The number of hydrogen-bond donors (Lipinski definition) is 0. The van der Waals surface area contributed by atoms with Gasteiger partial charge in [-0.1, -0.05) is 86.6 Å². The summed E-state index contributed by atoms with van der Waals surface area (Å²) >= 11 is 0. The average molecular weight is 529 g/mol. The topological polar surface area (TPSA) is 9.23 Å². The molecule has 0 amide bonds. The van der Waals surface area contributed by atoms with E-state index >= 15 is 0 Å². The molecule has 1 heterocycles. The molecule has 0 spiro atoms. The Morgan fingerprint density at radius 1 is 0.586 bits per heavy atom. The van der Waals surface area contributed by atoms with Crippen LogP contribution in [0.25, 0.3) is 0 Å². The van der Waals surface area contributed by atoms with Crippen molar-refractivity contribution in [3.63, 3.8) is 0 Å². The quantitative estimate of drug-likeness (QED) is 0.247. The molecular weight excluding hydrogens is 477 g/mol. The molecule has 1 nitrogen and oxygen atoms in total. The van der Waals surface area contributed by atoms with Crippen LogP contribution in [0.3, 0.4) is 0 Å². The van der Waals surface area contributed by atoms with Gasteiger partial charge in [-0.2, -0.15) is 0 Å². The van der Waals surface area contributed by atoms with E-state index in [-0.39, 0.29) is 32.7 Å². The van der Waals surface area contributed by atoms with E-state index in [1.54, 1.807) is 17.4 Å². The number of rotatable bonds is 1. The Hall–Kier alpha value is 1.71. The molecule has 2 aliphatic rings. The summed E-state index contributed by atoms with van der Waals surface area (Å²) in [6, 6.07) is 0. The van der Waals surface area contributed by atoms with Crippen molar-refractivity contribution in [2.24, 2.45) is 0 Å². The van der Waals surface area contributed by atoms with Crippen LogP contribution in [0, 0.1) is 42.3 Å². The standard InChI is InChI=1S/C12H21Si.C4H8O.2C4H11Si.Y/c1-8-9(2)11(4)12(10(8)3)13(5,6)7;1-2-4-5-3-1;2*1-5(2,3)4;/h1-7H3;1-4H2;2*1H2,2-4H3;/q;;2*-1;+3. The van der Waals surface area contributed by atoms with Gasteiger partial charge >= 0.3 is 32.7 Å². The smallest absolute Gasteiger partial charge is 0.381 e. The molecule has 1 saturated carbocycles. The van der Waals surface area contributed by atoms with E-state index in [9.17, 15) is 0 Å². The summed E-state index contributed by atoms with van der Waals surface area (Å²) in [4.78, 5) is 0. The molecule has 0 aromatic heterocycles. The molecule has 5 radical (unpaired) electrons. The molecule has 2 fully saturated rings. The first-order valence-corrected chi connectivity index (χ1v) is 21.7. The molecular formula is C24H51OSi3Y+. The largest absolute Gasteiger partial charge is 3.00 e. The summed E-state index contributed by atoms with van der Waals surface area (Å²) in [6.45, 7) is 39.5. The van der Waals surface area contributed by atoms with Gasteiger partial charge < -0.3 is 17.8 Å². The van der Waals surface area contributed by atoms with Crippen molar-refractivity contribution in [1.29, 1.82) is 0 Å². The van der Waals surface area contributed by atoms with Crippen LogP contribution in [0.2, 0.25) is 58.9 Å². The zero-order chi connectivity index (χ0) is 22.9. The molecule has 0 aromatic carbocycles. The summed E-state index contributed by atoms with van der Waals surface area (Å²) in [5.41, 5.74) is 1.68. The minimum absolute atomic E-state index is 0. The third-order valence-corrected chi connectivity index (χ3v) is 6.26. The van der Waals surface area contributed by atoms with Crippen LogP contribution in [0.1, 0.15) is 40.5 Å². The van der Waals surface area contributed by atoms with Crippen LogP contribution in [-0.4, -0.2) is 37.4 Å². The van der Waals surface area contributed by atoms with Crippen molar-refractivity contribution < 1.29 is 37.4 Å². The Kier molecular flexibility index (Phi) is 18.9. The molecule has 0 unspecified atom stereocenters. The molecule has 1 aliphatic heterocycles. The normalized spacial score (nSPS) is 20.0. The van der Waals surface area contributed by atoms with Crippen molar-refractivity contribution in [2.45, 2.75) is 99.5 Å². The van der Waals surface area contributed by atoms with Crippen LogP contribution >= 0.6 is 0 Å². The Labute approximate surface area is 215 Å². The molecule has 1 aliphatic carbocycles. The van der Waals surface area contributed by atoms with Gasteiger partial charge in [-0.3, -0.25) is 0 Å². The van der Waals surface area contributed by atoms with Gasteiger partial charge in [-0.05, 0) is 42.1 Å². The van der Waals surface area contributed by atoms with Crippen LogP contribution in [0.5, 0.6) is 0 Å². The minimum atomic E-state index is -1.13. The van der Waals surface area contributed by atoms with Crippen molar-refractivity contribution in [3.8, 4) is 0 Å². The second-order valence-corrected chi connectivity index (χ2v) is 26.8. The second-order valence-electron chi connectivity index (χ2n) is 11.6. The molecule has 0 atom stereocenters. The predicted octanol–water partition coefficient (Wildman–Crippen LogP) is 8.02. The second kappa shape index (κ2) is 15.5. The van der Waals surface area contributed by atoms with Crippen molar-refractivity contribution in [2.75, 3.05) is 13.2 Å². The van der Waals surface area contributed by atoms with Gasteiger partial charge in [0.2, 0.25) is 0 Å². The van der Waals surface area contributed by atoms with E-state index in [4.69, 9.17) is 4.74 Å². The first-order chi connectivity index (χ1) is 12.3. The molecule has 0 N–H and O–H groups in total. The third kappa shape index (κ3) is 21.3. The summed E-state index contributed by atoms with van der Waals surface area (Å²) in [7, 11) is -2.86.